The van der Waals surface area contributed by atoms with Crippen LogP contribution in [0.15, 0.2) is 88.7 Å². The van der Waals surface area contributed by atoms with Crippen LogP contribution < -0.4 is 14.8 Å². The summed E-state index contributed by atoms with van der Waals surface area (Å²) in [5.74, 6) is -0.0275. The lowest BCUT2D eigenvalue weighted by molar-refractivity contribution is -0.121. The number of hydrogen-bond acceptors (Lipinski definition) is 6. The zero-order chi connectivity index (χ0) is 26.9. The molecule has 37 heavy (non-hydrogen) atoms. The highest BCUT2D eigenvalue weighted by Gasteiger charge is 2.26. The SMILES string of the molecule is COc1ccc(S(=O)(=O)N(CCc2ccccc2)CC(=O)NCCNS(=O)(=O)c2ccc(C)cc2)cc1. The summed E-state index contributed by atoms with van der Waals surface area (Å²) in [6, 6.07) is 21.7. The quantitative estimate of drug-likeness (QED) is 0.318. The van der Waals surface area contributed by atoms with Crippen molar-refractivity contribution in [3.05, 3.63) is 90.0 Å². The Bertz CT molecular complexity index is 1380. The summed E-state index contributed by atoms with van der Waals surface area (Å²) in [5, 5.41) is 2.59. The van der Waals surface area contributed by atoms with Crippen molar-refractivity contribution in [3.8, 4) is 5.75 Å². The van der Waals surface area contributed by atoms with Crippen molar-refractivity contribution in [2.45, 2.75) is 23.1 Å². The average Bonchev–Trinajstić information content (AvgIpc) is 2.90. The minimum Gasteiger partial charge on any atom is -0.497 e. The van der Waals surface area contributed by atoms with E-state index in [4.69, 9.17) is 4.74 Å². The molecule has 0 aliphatic carbocycles. The van der Waals surface area contributed by atoms with Gasteiger partial charge < -0.3 is 10.1 Å². The molecule has 3 rings (SSSR count). The number of carbonyl (C=O) groups excluding carboxylic acids is 1. The van der Waals surface area contributed by atoms with E-state index in [0.717, 1.165) is 15.4 Å². The number of amides is 1. The Labute approximate surface area is 218 Å². The van der Waals surface area contributed by atoms with E-state index >= 15 is 0 Å². The average molecular weight is 546 g/mol. The third-order valence-electron chi connectivity index (χ3n) is 5.58. The largest absolute Gasteiger partial charge is 0.497 e. The molecule has 0 atom stereocenters. The van der Waals surface area contributed by atoms with Crippen LogP contribution in [0.4, 0.5) is 0 Å². The predicted molar refractivity (Wildman–Crippen MR) is 141 cm³/mol. The molecule has 2 N–H and O–H groups in total. The van der Waals surface area contributed by atoms with Crippen LogP contribution >= 0.6 is 0 Å². The Kier molecular flexibility index (Phi) is 9.81. The van der Waals surface area contributed by atoms with Crippen molar-refractivity contribution in [2.75, 3.05) is 33.3 Å². The molecule has 0 unspecified atom stereocenters. The number of rotatable bonds is 13. The van der Waals surface area contributed by atoms with E-state index in [9.17, 15) is 21.6 Å². The number of ether oxygens (including phenoxy) is 1. The lowest BCUT2D eigenvalue weighted by Gasteiger charge is -2.22. The van der Waals surface area contributed by atoms with Gasteiger partial charge in [-0.25, -0.2) is 21.6 Å². The first-order chi connectivity index (χ1) is 17.6. The Balaban J connectivity index is 1.63. The molecular weight excluding hydrogens is 514 g/mol. The van der Waals surface area contributed by atoms with Crippen molar-refractivity contribution in [2.24, 2.45) is 0 Å². The van der Waals surface area contributed by atoms with E-state index in [2.05, 4.69) is 10.0 Å². The highest BCUT2D eigenvalue weighted by atomic mass is 32.2. The van der Waals surface area contributed by atoms with Crippen LogP contribution in [-0.4, -0.2) is 60.3 Å². The van der Waals surface area contributed by atoms with E-state index in [1.54, 1.807) is 24.3 Å². The minimum atomic E-state index is -3.98. The molecule has 0 aliphatic heterocycles. The summed E-state index contributed by atoms with van der Waals surface area (Å²) in [7, 11) is -6.21. The zero-order valence-electron chi connectivity index (χ0n) is 20.8. The van der Waals surface area contributed by atoms with Crippen molar-refractivity contribution in [1.82, 2.24) is 14.3 Å². The maximum Gasteiger partial charge on any atom is 0.243 e. The Morgan fingerprint density at radius 3 is 2.08 bits per heavy atom. The normalized spacial score (nSPS) is 11.9. The molecule has 0 saturated carbocycles. The number of hydrogen-bond donors (Lipinski definition) is 2. The maximum atomic E-state index is 13.3. The van der Waals surface area contributed by atoms with Crippen LogP contribution in [0, 0.1) is 6.92 Å². The first kappa shape index (κ1) is 28.3. The Hall–Kier alpha value is -3.25. The number of carbonyl (C=O) groups is 1. The topological polar surface area (TPSA) is 122 Å². The summed E-state index contributed by atoms with van der Waals surface area (Å²) >= 11 is 0. The first-order valence-electron chi connectivity index (χ1n) is 11.6. The molecule has 0 spiro atoms. The second-order valence-corrected chi connectivity index (χ2v) is 12.0. The number of nitrogens with one attached hydrogen (secondary N) is 2. The van der Waals surface area contributed by atoms with Gasteiger partial charge in [0.05, 0.1) is 23.4 Å². The van der Waals surface area contributed by atoms with Gasteiger partial charge in [-0.2, -0.15) is 4.31 Å². The van der Waals surface area contributed by atoms with Gasteiger partial charge in [-0.3, -0.25) is 4.79 Å². The van der Waals surface area contributed by atoms with Crippen LogP contribution in [0.3, 0.4) is 0 Å². The first-order valence-corrected chi connectivity index (χ1v) is 14.6. The monoisotopic (exact) mass is 545 g/mol. The summed E-state index contributed by atoms with van der Waals surface area (Å²) < 4.78 is 60.1. The van der Waals surface area contributed by atoms with E-state index in [0.29, 0.717) is 12.2 Å². The smallest absolute Gasteiger partial charge is 0.243 e. The van der Waals surface area contributed by atoms with Crippen LogP contribution in [0.5, 0.6) is 5.75 Å². The van der Waals surface area contributed by atoms with Crippen LogP contribution in [0.25, 0.3) is 0 Å². The van der Waals surface area contributed by atoms with Crippen molar-refractivity contribution < 1.29 is 26.4 Å². The highest BCUT2D eigenvalue weighted by Crippen LogP contribution is 2.20. The molecule has 0 aromatic heterocycles. The van der Waals surface area contributed by atoms with E-state index in [1.807, 2.05) is 37.3 Å². The molecule has 9 nitrogen and oxygen atoms in total. The Morgan fingerprint density at radius 2 is 1.46 bits per heavy atom. The lowest BCUT2D eigenvalue weighted by atomic mass is 10.1. The van der Waals surface area contributed by atoms with Gasteiger partial charge in [-0.1, -0.05) is 48.0 Å². The fourth-order valence-electron chi connectivity index (χ4n) is 3.48. The van der Waals surface area contributed by atoms with Gasteiger partial charge in [-0.15, -0.1) is 0 Å². The van der Waals surface area contributed by atoms with Gasteiger partial charge in [-0.05, 0) is 55.3 Å². The fraction of sp³-hybridized carbons (Fsp3) is 0.269. The summed E-state index contributed by atoms with van der Waals surface area (Å²) in [4.78, 5) is 12.8. The summed E-state index contributed by atoms with van der Waals surface area (Å²) in [6.07, 6.45) is 0.417. The molecule has 3 aromatic carbocycles. The predicted octanol–water partition coefficient (Wildman–Crippen LogP) is 2.33. The van der Waals surface area contributed by atoms with Crippen molar-refractivity contribution >= 4 is 26.0 Å². The molecule has 0 radical (unpaired) electrons. The number of benzene rings is 3. The van der Waals surface area contributed by atoms with Gasteiger partial charge in [0.15, 0.2) is 0 Å². The van der Waals surface area contributed by atoms with E-state index in [-0.39, 0.29) is 29.4 Å². The van der Waals surface area contributed by atoms with Gasteiger partial charge in [0.25, 0.3) is 0 Å². The van der Waals surface area contributed by atoms with Gasteiger partial charge >= 0.3 is 0 Å². The molecule has 0 bridgehead atoms. The highest BCUT2D eigenvalue weighted by molar-refractivity contribution is 7.89. The van der Waals surface area contributed by atoms with Gasteiger partial charge in [0.1, 0.15) is 5.75 Å². The third-order valence-corrected chi connectivity index (χ3v) is 8.92. The Morgan fingerprint density at radius 1 is 0.838 bits per heavy atom. The molecule has 11 heteroatoms. The molecule has 3 aromatic rings. The standard InChI is InChI=1S/C26H31N3O6S2/c1-21-8-12-24(13-9-21)36(31,32)28-18-17-27-26(30)20-29(19-16-22-6-4-3-5-7-22)37(33,34)25-14-10-23(35-2)11-15-25/h3-15,28H,16-20H2,1-2H3,(H,27,30). The third kappa shape index (κ3) is 8.12. The number of methoxy groups -OCH3 is 1. The second-order valence-electron chi connectivity index (χ2n) is 8.31. The van der Waals surface area contributed by atoms with Crippen LogP contribution in [-0.2, 0) is 31.3 Å². The second kappa shape index (κ2) is 12.8. The molecule has 0 aliphatic rings. The summed E-state index contributed by atoms with van der Waals surface area (Å²) in [5.41, 5.74) is 1.87. The molecule has 0 fully saturated rings. The number of aryl methyl sites for hydroxylation is 1. The van der Waals surface area contributed by atoms with Crippen molar-refractivity contribution in [3.63, 3.8) is 0 Å². The number of nitrogens with zero attached hydrogens (tertiary/aromatic N) is 1. The zero-order valence-corrected chi connectivity index (χ0v) is 22.4. The summed E-state index contributed by atoms with van der Waals surface area (Å²) in [6.45, 7) is 1.49. The molecule has 1 amide bonds. The maximum absolute atomic E-state index is 13.3. The van der Waals surface area contributed by atoms with Crippen molar-refractivity contribution in [1.29, 1.82) is 0 Å². The van der Waals surface area contributed by atoms with Gasteiger partial charge in [0.2, 0.25) is 26.0 Å². The fourth-order valence-corrected chi connectivity index (χ4v) is 5.91. The molecule has 0 heterocycles. The van der Waals surface area contributed by atoms with E-state index in [1.165, 1.54) is 31.4 Å². The molecular formula is C26H31N3O6S2. The molecule has 198 valence electrons. The minimum absolute atomic E-state index is 0.000959. The number of sulfonamides is 2. The lowest BCUT2D eigenvalue weighted by Crippen LogP contribution is -2.43. The van der Waals surface area contributed by atoms with Crippen LogP contribution in [0.1, 0.15) is 11.1 Å². The van der Waals surface area contributed by atoms with Gasteiger partial charge in [0, 0.05) is 19.6 Å². The van der Waals surface area contributed by atoms with E-state index < -0.39 is 32.5 Å². The molecule has 0 saturated heterocycles. The van der Waals surface area contributed by atoms with Crippen LogP contribution in [0.2, 0.25) is 0 Å².